The Bertz CT molecular complexity index is 994. The van der Waals surface area contributed by atoms with Gasteiger partial charge >= 0.3 is 0 Å². The fraction of sp³-hybridized carbons (Fsp3) is 0.105. The third-order valence-corrected chi connectivity index (χ3v) is 6.07. The van der Waals surface area contributed by atoms with Crippen LogP contribution in [0.15, 0.2) is 78.0 Å². The van der Waals surface area contributed by atoms with Crippen LogP contribution in [0, 0.1) is 0 Å². The number of rotatable bonds is 6. The Kier molecular flexibility index (Phi) is 5.44. The molecule has 0 radical (unpaired) electrons. The number of nitrogens with zero attached hydrogens (tertiary/aromatic N) is 2. The summed E-state index contributed by atoms with van der Waals surface area (Å²) in [5, 5.41) is 0.173. The SMILES string of the molecule is COc1cccc(N(Cc2cccnc2)S(=O)(=O)c2ccccc2Cl)c1. The van der Waals surface area contributed by atoms with Crippen molar-refractivity contribution in [2.24, 2.45) is 0 Å². The lowest BCUT2D eigenvalue weighted by molar-refractivity contribution is 0.415. The molecule has 0 aliphatic rings. The van der Waals surface area contributed by atoms with Crippen LogP contribution in [0.4, 0.5) is 5.69 Å². The van der Waals surface area contributed by atoms with Crippen LogP contribution in [0.25, 0.3) is 0 Å². The molecule has 0 N–H and O–H groups in total. The van der Waals surface area contributed by atoms with E-state index < -0.39 is 10.0 Å². The van der Waals surface area contributed by atoms with E-state index in [4.69, 9.17) is 16.3 Å². The van der Waals surface area contributed by atoms with E-state index >= 15 is 0 Å². The minimum Gasteiger partial charge on any atom is -0.497 e. The lowest BCUT2D eigenvalue weighted by Gasteiger charge is -2.25. The Morgan fingerprint density at radius 3 is 2.58 bits per heavy atom. The third-order valence-electron chi connectivity index (χ3n) is 3.79. The van der Waals surface area contributed by atoms with Gasteiger partial charge in [0, 0.05) is 18.5 Å². The quantitative estimate of drug-likeness (QED) is 0.636. The van der Waals surface area contributed by atoms with Crippen LogP contribution in [0.3, 0.4) is 0 Å². The molecule has 0 atom stereocenters. The fourth-order valence-electron chi connectivity index (χ4n) is 2.51. The van der Waals surface area contributed by atoms with Crippen LogP contribution in [-0.2, 0) is 16.6 Å². The zero-order chi connectivity index (χ0) is 18.6. The highest BCUT2D eigenvalue weighted by Gasteiger charge is 2.27. The molecular weight excluding hydrogens is 372 g/mol. The molecule has 0 amide bonds. The molecule has 3 rings (SSSR count). The molecule has 1 aromatic heterocycles. The molecule has 134 valence electrons. The lowest BCUT2D eigenvalue weighted by atomic mass is 10.2. The van der Waals surface area contributed by atoms with Gasteiger partial charge in [0.15, 0.2) is 0 Å². The zero-order valence-electron chi connectivity index (χ0n) is 14.0. The summed E-state index contributed by atoms with van der Waals surface area (Å²) in [6.45, 7) is 0.120. The van der Waals surface area contributed by atoms with Gasteiger partial charge in [0.2, 0.25) is 0 Å². The largest absolute Gasteiger partial charge is 0.497 e. The fourth-order valence-corrected chi connectivity index (χ4v) is 4.45. The van der Waals surface area contributed by atoms with Crippen molar-refractivity contribution < 1.29 is 13.2 Å². The Morgan fingerprint density at radius 2 is 1.88 bits per heavy atom. The van der Waals surface area contributed by atoms with Gasteiger partial charge in [0.1, 0.15) is 10.6 Å². The van der Waals surface area contributed by atoms with Gasteiger partial charge in [-0.3, -0.25) is 9.29 Å². The summed E-state index contributed by atoms with van der Waals surface area (Å²) in [6, 6.07) is 16.9. The number of benzene rings is 2. The smallest absolute Gasteiger partial charge is 0.266 e. The van der Waals surface area contributed by atoms with Crippen molar-refractivity contribution in [1.82, 2.24) is 4.98 Å². The Morgan fingerprint density at radius 1 is 1.08 bits per heavy atom. The number of sulfonamides is 1. The van der Waals surface area contributed by atoms with Gasteiger partial charge < -0.3 is 4.74 Å². The molecule has 0 fully saturated rings. The molecule has 26 heavy (non-hydrogen) atoms. The van der Waals surface area contributed by atoms with E-state index in [1.54, 1.807) is 60.9 Å². The van der Waals surface area contributed by atoms with Crippen molar-refractivity contribution >= 4 is 27.3 Å². The molecule has 0 bridgehead atoms. The third kappa shape index (κ3) is 3.81. The number of anilines is 1. The minimum absolute atomic E-state index is 0.0494. The summed E-state index contributed by atoms with van der Waals surface area (Å²) in [4.78, 5) is 4.11. The van der Waals surface area contributed by atoms with Crippen molar-refractivity contribution in [3.8, 4) is 5.75 Å². The molecule has 5 nitrogen and oxygen atoms in total. The molecular formula is C19H17ClN2O3S. The number of aromatic nitrogens is 1. The monoisotopic (exact) mass is 388 g/mol. The second-order valence-corrected chi connectivity index (χ2v) is 7.74. The van der Waals surface area contributed by atoms with E-state index in [0.717, 1.165) is 5.56 Å². The standard InChI is InChI=1S/C19H17ClN2O3S/c1-25-17-8-4-7-16(12-17)22(14-15-6-5-11-21-13-15)26(23,24)19-10-3-2-9-18(19)20/h2-13H,14H2,1H3. The van der Waals surface area contributed by atoms with Gasteiger partial charge in [-0.25, -0.2) is 8.42 Å². The van der Waals surface area contributed by atoms with Crippen molar-refractivity contribution in [2.45, 2.75) is 11.4 Å². The van der Waals surface area contributed by atoms with E-state index in [1.807, 2.05) is 6.07 Å². The molecule has 0 aliphatic heterocycles. The van der Waals surface area contributed by atoms with Crippen LogP contribution in [0.5, 0.6) is 5.75 Å². The lowest BCUT2D eigenvalue weighted by Crippen LogP contribution is -2.30. The second-order valence-electron chi connectivity index (χ2n) is 5.50. The number of halogens is 1. The maximum atomic E-state index is 13.3. The van der Waals surface area contributed by atoms with Crippen molar-refractivity contribution in [3.05, 3.63) is 83.6 Å². The molecule has 2 aromatic carbocycles. The van der Waals surface area contributed by atoms with E-state index in [2.05, 4.69) is 4.98 Å². The molecule has 1 heterocycles. The molecule has 0 spiro atoms. The number of ether oxygens (including phenoxy) is 1. The van der Waals surface area contributed by atoms with Gasteiger partial charge in [-0.15, -0.1) is 0 Å². The first kappa shape index (κ1) is 18.2. The summed E-state index contributed by atoms with van der Waals surface area (Å²) in [7, 11) is -2.36. The maximum Gasteiger partial charge on any atom is 0.266 e. The summed E-state index contributed by atoms with van der Waals surface area (Å²) in [6.07, 6.45) is 3.28. The van der Waals surface area contributed by atoms with Gasteiger partial charge in [-0.1, -0.05) is 35.9 Å². The zero-order valence-corrected chi connectivity index (χ0v) is 15.6. The number of methoxy groups -OCH3 is 1. The Labute approximate surface area is 157 Å². The molecule has 0 saturated carbocycles. The van der Waals surface area contributed by atoms with Gasteiger partial charge in [0.25, 0.3) is 10.0 Å². The number of hydrogen-bond acceptors (Lipinski definition) is 4. The van der Waals surface area contributed by atoms with Crippen LogP contribution >= 0.6 is 11.6 Å². The predicted molar refractivity (Wildman–Crippen MR) is 102 cm³/mol. The van der Waals surface area contributed by atoms with E-state index in [0.29, 0.717) is 11.4 Å². The average Bonchev–Trinajstić information content (AvgIpc) is 2.67. The molecule has 0 aliphatic carbocycles. The molecule has 0 unspecified atom stereocenters. The van der Waals surface area contributed by atoms with Crippen molar-refractivity contribution in [3.63, 3.8) is 0 Å². The Balaban J connectivity index is 2.12. The summed E-state index contributed by atoms with van der Waals surface area (Å²) < 4.78 is 33.2. The summed E-state index contributed by atoms with van der Waals surface area (Å²) >= 11 is 6.16. The van der Waals surface area contributed by atoms with Gasteiger partial charge in [0.05, 0.1) is 24.4 Å². The molecule has 7 heteroatoms. The summed E-state index contributed by atoms with van der Waals surface area (Å²) in [5.41, 5.74) is 1.24. The maximum absolute atomic E-state index is 13.3. The van der Waals surface area contributed by atoms with E-state index in [9.17, 15) is 8.42 Å². The van der Waals surface area contributed by atoms with Gasteiger partial charge in [-0.2, -0.15) is 0 Å². The summed E-state index contributed by atoms with van der Waals surface area (Å²) in [5.74, 6) is 0.563. The number of hydrogen-bond donors (Lipinski definition) is 0. The van der Waals surface area contributed by atoms with Crippen LogP contribution < -0.4 is 9.04 Å². The average molecular weight is 389 g/mol. The molecule has 3 aromatic rings. The van der Waals surface area contributed by atoms with E-state index in [1.165, 1.54) is 17.5 Å². The Hall–Kier alpha value is -2.57. The van der Waals surface area contributed by atoms with Crippen LogP contribution in [0.1, 0.15) is 5.56 Å². The van der Waals surface area contributed by atoms with Crippen molar-refractivity contribution in [2.75, 3.05) is 11.4 Å². The topological polar surface area (TPSA) is 59.5 Å². The normalized spacial score (nSPS) is 11.2. The van der Waals surface area contributed by atoms with Crippen LogP contribution in [-0.4, -0.2) is 20.5 Å². The highest BCUT2D eigenvalue weighted by Crippen LogP contribution is 2.31. The molecule has 0 saturated heterocycles. The van der Waals surface area contributed by atoms with E-state index in [-0.39, 0.29) is 16.5 Å². The van der Waals surface area contributed by atoms with Gasteiger partial charge in [-0.05, 0) is 35.9 Å². The van der Waals surface area contributed by atoms with Crippen molar-refractivity contribution in [1.29, 1.82) is 0 Å². The minimum atomic E-state index is -3.89. The number of pyridine rings is 1. The first-order chi connectivity index (χ1) is 12.5. The first-order valence-electron chi connectivity index (χ1n) is 7.82. The predicted octanol–water partition coefficient (Wildman–Crippen LogP) is 4.14. The van der Waals surface area contributed by atoms with Crippen LogP contribution in [0.2, 0.25) is 5.02 Å². The first-order valence-corrected chi connectivity index (χ1v) is 9.64. The second kappa shape index (κ2) is 7.76. The highest BCUT2D eigenvalue weighted by molar-refractivity contribution is 7.93. The highest BCUT2D eigenvalue weighted by atomic mass is 35.5.